The molecule has 0 radical (unpaired) electrons. The predicted molar refractivity (Wildman–Crippen MR) is 91.5 cm³/mol. The molecule has 24 heavy (non-hydrogen) atoms. The van der Waals surface area contributed by atoms with Gasteiger partial charge in [0.2, 0.25) is 5.91 Å². The fourth-order valence-electron chi connectivity index (χ4n) is 2.58. The maximum absolute atomic E-state index is 12.6. The van der Waals surface area contributed by atoms with Crippen LogP contribution in [-0.4, -0.2) is 61.5 Å². The zero-order valence-corrected chi connectivity index (χ0v) is 14.9. The van der Waals surface area contributed by atoms with Crippen LogP contribution in [0.3, 0.4) is 0 Å². The largest absolute Gasteiger partial charge is 0.493 e. The highest BCUT2D eigenvalue weighted by atomic mass is 16.5. The van der Waals surface area contributed by atoms with Crippen molar-refractivity contribution in [2.45, 2.75) is 20.8 Å². The molecule has 0 aliphatic carbocycles. The smallest absolute Gasteiger partial charge is 0.254 e. The molecule has 1 heterocycles. The summed E-state index contributed by atoms with van der Waals surface area (Å²) in [5.74, 6) is 1.61. The molecule has 6 heteroatoms. The van der Waals surface area contributed by atoms with Crippen LogP contribution in [0.1, 0.15) is 31.1 Å². The Morgan fingerprint density at radius 2 is 1.71 bits per heavy atom. The molecule has 0 saturated carbocycles. The Morgan fingerprint density at radius 1 is 1.08 bits per heavy atom. The van der Waals surface area contributed by atoms with Gasteiger partial charge in [-0.15, -0.1) is 0 Å². The first-order valence-corrected chi connectivity index (χ1v) is 8.28. The van der Waals surface area contributed by atoms with Crippen molar-refractivity contribution >= 4 is 11.8 Å². The lowest BCUT2D eigenvalue weighted by molar-refractivity contribution is -0.130. The highest BCUT2D eigenvalue weighted by molar-refractivity contribution is 5.95. The molecule has 6 nitrogen and oxygen atoms in total. The monoisotopic (exact) mass is 334 g/mol. The van der Waals surface area contributed by atoms with Gasteiger partial charge in [0.25, 0.3) is 5.91 Å². The lowest BCUT2D eigenvalue weighted by atomic mass is 10.1. The molecule has 0 spiro atoms. The van der Waals surface area contributed by atoms with Crippen LogP contribution >= 0.6 is 0 Å². The number of carbonyl (C=O) groups is 2. The van der Waals surface area contributed by atoms with Crippen molar-refractivity contribution in [1.82, 2.24) is 9.80 Å². The van der Waals surface area contributed by atoms with Crippen LogP contribution in [0.15, 0.2) is 18.2 Å². The summed E-state index contributed by atoms with van der Waals surface area (Å²) in [5.41, 5.74) is 0.569. The number of amides is 2. The van der Waals surface area contributed by atoms with E-state index in [9.17, 15) is 9.59 Å². The summed E-state index contributed by atoms with van der Waals surface area (Å²) in [4.78, 5) is 27.5. The number of carbonyl (C=O) groups excluding carboxylic acids is 2. The number of ether oxygens (including phenoxy) is 2. The first kappa shape index (κ1) is 18.1. The molecule has 0 aromatic heterocycles. The van der Waals surface area contributed by atoms with Crippen molar-refractivity contribution < 1.29 is 19.1 Å². The molecule has 1 aromatic carbocycles. The number of benzene rings is 1. The Balaban J connectivity index is 2.06. The van der Waals surface area contributed by atoms with Crippen molar-refractivity contribution in [3.8, 4) is 11.5 Å². The Morgan fingerprint density at radius 3 is 2.25 bits per heavy atom. The summed E-state index contributed by atoms with van der Waals surface area (Å²) in [6, 6.07) is 5.26. The van der Waals surface area contributed by atoms with Crippen molar-refractivity contribution in [3.05, 3.63) is 23.8 Å². The molecular weight excluding hydrogens is 308 g/mol. The third-order valence-corrected chi connectivity index (χ3v) is 3.99. The van der Waals surface area contributed by atoms with E-state index in [4.69, 9.17) is 9.47 Å². The molecule has 1 aromatic rings. The number of hydrogen-bond donors (Lipinski definition) is 0. The second-order valence-electron chi connectivity index (χ2n) is 6.37. The van der Waals surface area contributed by atoms with E-state index in [0.717, 1.165) is 0 Å². The van der Waals surface area contributed by atoms with E-state index in [0.29, 0.717) is 55.8 Å². The van der Waals surface area contributed by atoms with Gasteiger partial charge in [0.05, 0.1) is 13.7 Å². The zero-order chi connectivity index (χ0) is 17.7. The predicted octanol–water partition coefficient (Wildman–Crippen LogP) is 2.03. The minimum atomic E-state index is -0.0492. The van der Waals surface area contributed by atoms with Gasteiger partial charge in [0.15, 0.2) is 11.5 Å². The highest BCUT2D eigenvalue weighted by Gasteiger charge is 2.24. The minimum Gasteiger partial charge on any atom is -0.493 e. The number of nitrogens with zero attached hydrogens (tertiary/aromatic N) is 2. The minimum absolute atomic E-state index is 0.0492. The topological polar surface area (TPSA) is 59.1 Å². The number of rotatable bonds is 5. The lowest BCUT2D eigenvalue weighted by Crippen LogP contribution is -2.50. The van der Waals surface area contributed by atoms with Gasteiger partial charge < -0.3 is 19.3 Å². The number of methoxy groups -OCH3 is 1. The van der Waals surface area contributed by atoms with Crippen LogP contribution in [0.25, 0.3) is 0 Å². The second kappa shape index (κ2) is 8.04. The zero-order valence-electron chi connectivity index (χ0n) is 14.9. The van der Waals surface area contributed by atoms with Crippen molar-refractivity contribution in [2.75, 3.05) is 39.9 Å². The van der Waals surface area contributed by atoms with Gasteiger partial charge in [-0.2, -0.15) is 0 Å². The van der Waals surface area contributed by atoms with Crippen LogP contribution in [0.5, 0.6) is 11.5 Å². The lowest BCUT2D eigenvalue weighted by Gasteiger charge is -2.34. The summed E-state index contributed by atoms with van der Waals surface area (Å²) in [6.07, 6.45) is 0. The molecule has 0 bridgehead atoms. The van der Waals surface area contributed by atoms with Gasteiger partial charge in [-0.25, -0.2) is 0 Å². The van der Waals surface area contributed by atoms with E-state index in [1.54, 1.807) is 42.0 Å². The fraction of sp³-hybridized carbons (Fsp3) is 0.556. The van der Waals surface area contributed by atoms with Crippen LogP contribution in [-0.2, 0) is 4.79 Å². The van der Waals surface area contributed by atoms with Gasteiger partial charge in [0.1, 0.15) is 0 Å². The number of piperazine rings is 1. The summed E-state index contributed by atoms with van der Waals surface area (Å²) in [7, 11) is 1.57. The average Bonchev–Trinajstić information content (AvgIpc) is 2.59. The van der Waals surface area contributed by atoms with Crippen molar-refractivity contribution in [3.63, 3.8) is 0 Å². The van der Waals surface area contributed by atoms with E-state index >= 15 is 0 Å². The Hall–Kier alpha value is -2.24. The molecule has 1 aliphatic rings. The van der Waals surface area contributed by atoms with Crippen LogP contribution in [0.4, 0.5) is 0 Å². The van der Waals surface area contributed by atoms with E-state index in [2.05, 4.69) is 13.8 Å². The van der Waals surface area contributed by atoms with Crippen molar-refractivity contribution in [2.24, 2.45) is 5.92 Å². The van der Waals surface area contributed by atoms with Gasteiger partial charge >= 0.3 is 0 Å². The molecule has 1 aliphatic heterocycles. The standard InChI is InChI=1S/C18H26N2O4/c1-13(2)12-24-16-6-5-15(11-17(16)23-4)18(22)20-9-7-19(8-10-20)14(3)21/h5-6,11,13H,7-10,12H2,1-4H3. The molecule has 132 valence electrons. The van der Waals surface area contributed by atoms with Gasteiger partial charge in [-0.1, -0.05) is 13.8 Å². The van der Waals surface area contributed by atoms with E-state index in [1.807, 2.05) is 0 Å². The number of hydrogen-bond acceptors (Lipinski definition) is 4. The Labute approximate surface area is 143 Å². The van der Waals surface area contributed by atoms with E-state index < -0.39 is 0 Å². The second-order valence-corrected chi connectivity index (χ2v) is 6.37. The van der Waals surface area contributed by atoms with Crippen LogP contribution in [0, 0.1) is 5.92 Å². The molecular formula is C18H26N2O4. The van der Waals surface area contributed by atoms with Gasteiger partial charge in [-0.05, 0) is 24.1 Å². The van der Waals surface area contributed by atoms with Gasteiger partial charge in [0, 0.05) is 38.7 Å². The average molecular weight is 334 g/mol. The third kappa shape index (κ3) is 4.40. The third-order valence-electron chi connectivity index (χ3n) is 3.99. The normalized spacial score (nSPS) is 14.7. The Kier molecular flexibility index (Phi) is 6.06. The van der Waals surface area contributed by atoms with Crippen LogP contribution in [0.2, 0.25) is 0 Å². The molecule has 1 saturated heterocycles. The molecule has 2 rings (SSSR count). The molecule has 0 atom stereocenters. The first-order chi connectivity index (χ1) is 11.4. The van der Waals surface area contributed by atoms with E-state index in [1.165, 1.54) is 0 Å². The SMILES string of the molecule is COc1cc(C(=O)N2CCN(C(C)=O)CC2)ccc1OCC(C)C. The summed E-state index contributed by atoms with van der Waals surface area (Å²) >= 11 is 0. The summed E-state index contributed by atoms with van der Waals surface area (Å²) < 4.78 is 11.1. The maximum Gasteiger partial charge on any atom is 0.254 e. The van der Waals surface area contributed by atoms with Crippen LogP contribution < -0.4 is 9.47 Å². The highest BCUT2D eigenvalue weighted by Crippen LogP contribution is 2.29. The van der Waals surface area contributed by atoms with E-state index in [-0.39, 0.29) is 11.8 Å². The fourth-order valence-corrected chi connectivity index (χ4v) is 2.58. The van der Waals surface area contributed by atoms with Crippen molar-refractivity contribution in [1.29, 1.82) is 0 Å². The maximum atomic E-state index is 12.6. The molecule has 0 N–H and O–H groups in total. The van der Waals surface area contributed by atoms with Gasteiger partial charge in [-0.3, -0.25) is 9.59 Å². The quantitative estimate of drug-likeness (QED) is 0.827. The summed E-state index contributed by atoms with van der Waals surface area (Å²) in [5, 5.41) is 0. The molecule has 0 unspecified atom stereocenters. The summed E-state index contributed by atoms with van der Waals surface area (Å²) in [6.45, 7) is 8.55. The molecule has 2 amide bonds. The Bertz CT molecular complexity index is 593. The first-order valence-electron chi connectivity index (χ1n) is 8.28. The molecule has 1 fully saturated rings.